The molecular weight excluding hydrogens is 429 g/mol. The summed E-state index contributed by atoms with van der Waals surface area (Å²) in [5.74, 6) is -4.41. The first-order valence-corrected chi connectivity index (χ1v) is 9.18. The third-order valence-electron chi connectivity index (χ3n) is 4.20. The van der Waals surface area contributed by atoms with Gasteiger partial charge in [0.15, 0.2) is 17.6 Å². The van der Waals surface area contributed by atoms with Crippen LogP contribution in [0.4, 0.5) is 19.4 Å². The molecule has 168 valence electrons. The molecule has 0 saturated carbocycles. The number of oxime groups is 1. The normalized spacial score (nSPS) is 13.2. The standard InChI is InChI=1S/C18H19BF2N6O5/c19-18(29,30)32-26-11-6-27(7-11)15-13(20)4-10(5-24-15)12-3-1-2-9(14(12)21)8-31-17(28)25-16(22)23/h1-5,29-30H,6-8,19H2,(H4,22,23,25,28). The fourth-order valence-electron chi connectivity index (χ4n) is 2.77. The van der Waals surface area contributed by atoms with Gasteiger partial charge in [0.2, 0.25) is 7.85 Å². The number of carbonyl (C=O) groups excluding carboxylic acids is 1. The molecule has 14 heteroatoms. The van der Waals surface area contributed by atoms with Crippen LogP contribution in [-0.2, 0) is 16.2 Å². The number of pyridine rings is 1. The molecule has 11 nitrogen and oxygen atoms in total. The average molecular weight is 448 g/mol. The van der Waals surface area contributed by atoms with E-state index in [1.807, 2.05) is 5.32 Å². The van der Waals surface area contributed by atoms with Crippen molar-refractivity contribution in [2.45, 2.75) is 12.5 Å². The zero-order valence-electron chi connectivity index (χ0n) is 16.8. The highest BCUT2D eigenvalue weighted by Crippen LogP contribution is 2.29. The highest BCUT2D eigenvalue weighted by atomic mass is 19.1. The van der Waals surface area contributed by atoms with Gasteiger partial charge in [0, 0.05) is 22.9 Å². The summed E-state index contributed by atoms with van der Waals surface area (Å²) in [6.07, 6.45) is 0.290. The Labute approximate surface area is 181 Å². The maximum absolute atomic E-state index is 14.9. The summed E-state index contributed by atoms with van der Waals surface area (Å²) in [6.45, 7) is -0.0861. The Bertz CT molecular complexity index is 1070. The predicted molar refractivity (Wildman–Crippen MR) is 111 cm³/mol. The lowest BCUT2D eigenvalue weighted by Crippen LogP contribution is -2.49. The number of nitrogens with zero attached hydrogens (tertiary/aromatic N) is 3. The van der Waals surface area contributed by atoms with Crippen LogP contribution in [0, 0.1) is 17.0 Å². The molecule has 1 aromatic carbocycles. The first-order chi connectivity index (χ1) is 15.0. The zero-order valence-corrected chi connectivity index (χ0v) is 16.8. The van der Waals surface area contributed by atoms with E-state index in [0.29, 0.717) is 5.71 Å². The lowest BCUT2D eigenvalue weighted by molar-refractivity contribution is -0.275. The lowest BCUT2D eigenvalue weighted by Gasteiger charge is -2.33. The van der Waals surface area contributed by atoms with E-state index in [0.717, 1.165) is 13.9 Å². The molecule has 0 radical (unpaired) electrons. The van der Waals surface area contributed by atoms with Crippen molar-refractivity contribution in [3.8, 4) is 11.1 Å². The number of aliphatic hydroxyl groups is 2. The summed E-state index contributed by atoms with van der Waals surface area (Å²) >= 11 is 0. The smallest absolute Gasteiger partial charge is 0.414 e. The second-order valence-electron chi connectivity index (χ2n) is 6.96. The van der Waals surface area contributed by atoms with Crippen LogP contribution in [0.15, 0.2) is 35.6 Å². The van der Waals surface area contributed by atoms with E-state index in [-0.39, 0.29) is 35.6 Å². The zero-order chi connectivity index (χ0) is 23.5. The summed E-state index contributed by atoms with van der Waals surface area (Å²) in [5.41, 5.74) is 5.73. The minimum absolute atomic E-state index is 0.0178. The number of rotatable bonds is 6. The van der Waals surface area contributed by atoms with Gasteiger partial charge in [-0.1, -0.05) is 23.4 Å². The summed E-state index contributed by atoms with van der Waals surface area (Å²) in [5, 5.41) is 30.5. The van der Waals surface area contributed by atoms with Crippen LogP contribution in [0.1, 0.15) is 5.56 Å². The van der Waals surface area contributed by atoms with E-state index in [1.165, 1.54) is 29.3 Å². The van der Waals surface area contributed by atoms with Crippen molar-refractivity contribution in [1.29, 1.82) is 5.41 Å². The molecule has 0 spiro atoms. The monoisotopic (exact) mass is 448 g/mol. The summed E-state index contributed by atoms with van der Waals surface area (Å²) in [6, 6.07) is 5.46. The van der Waals surface area contributed by atoms with Gasteiger partial charge in [-0.15, -0.1) is 0 Å². The quantitative estimate of drug-likeness (QED) is 0.131. The summed E-state index contributed by atoms with van der Waals surface area (Å²) in [4.78, 5) is 21.5. The molecule has 2 aromatic rings. The largest absolute Gasteiger partial charge is 0.444 e. The summed E-state index contributed by atoms with van der Waals surface area (Å²) < 4.78 is 34.3. The maximum atomic E-state index is 14.9. The van der Waals surface area contributed by atoms with Crippen molar-refractivity contribution in [3.63, 3.8) is 0 Å². The van der Waals surface area contributed by atoms with Crippen LogP contribution in [0.25, 0.3) is 11.1 Å². The van der Waals surface area contributed by atoms with Gasteiger partial charge in [0.05, 0.1) is 18.8 Å². The van der Waals surface area contributed by atoms with E-state index in [9.17, 15) is 13.6 Å². The summed E-state index contributed by atoms with van der Waals surface area (Å²) in [7, 11) is 0.995. The number of anilines is 1. The highest BCUT2D eigenvalue weighted by Gasteiger charge is 2.28. The van der Waals surface area contributed by atoms with Crippen molar-refractivity contribution in [2.75, 3.05) is 18.0 Å². The minimum Gasteiger partial charge on any atom is -0.444 e. The van der Waals surface area contributed by atoms with Gasteiger partial charge in [0.25, 0.3) is 5.87 Å². The number of benzene rings is 1. The molecule has 0 unspecified atom stereocenters. The van der Waals surface area contributed by atoms with Gasteiger partial charge in [-0.3, -0.25) is 10.7 Å². The van der Waals surface area contributed by atoms with Crippen molar-refractivity contribution in [3.05, 3.63) is 47.7 Å². The van der Waals surface area contributed by atoms with Gasteiger partial charge in [-0.2, -0.15) is 0 Å². The first-order valence-electron chi connectivity index (χ1n) is 9.18. The Balaban J connectivity index is 1.70. The molecule has 1 aliphatic heterocycles. The van der Waals surface area contributed by atoms with Crippen molar-refractivity contribution >= 4 is 31.4 Å². The molecule has 1 amide bonds. The van der Waals surface area contributed by atoms with Crippen LogP contribution in [0.2, 0.25) is 0 Å². The number of ether oxygens (including phenoxy) is 1. The molecule has 1 aromatic heterocycles. The SMILES string of the molecule is BC(O)(O)ON=C1CN(c2ncc(-c3cccc(COC(=O)NC(=N)N)c3F)cc2F)C1. The first kappa shape index (κ1) is 22.9. The molecule has 2 heterocycles. The Kier molecular flexibility index (Phi) is 6.55. The number of alkyl carbamates (subject to hydrolysis) is 1. The van der Waals surface area contributed by atoms with Gasteiger partial charge in [-0.05, 0) is 6.07 Å². The lowest BCUT2D eigenvalue weighted by atomic mass is 10.0. The minimum atomic E-state index is -2.40. The fourth-order valence-corrected chi connectivity index (χ4v) is 2.77. The molecule has 1 aliphatic rings. The van der Waals surface area contributed by atoms with Crippen molar-refractivity contribution in [1.82, 2.24) is 10.3 Å². The topological polar surface area (TPSA) is 166 Å². The number of carbonyl (C=O) groups is 1. The Morgan fingerprint density at radius 1 is 1.41 bits per heavy atom. The average Bonchev–Trinajstić information content (AvgIpc) is 2.65. The number of guanidine groups is 1. The van der Waals surface area contributed by atoms with Crippen LogP contribution in [0.3, 0.4) is 0 Å². The maximum Gasteiger partial charge on any atom is 0.414 e. The van der Waals surface area contributed by atoms with E-state index >= 15 is 0 Å². The number of halogens is 2. The van der Waals surface area contributed by atoms with Crippen LogP contribution < -0.4 is 16.0 Å². The molecule has 6 N–H and O–H groups in total. The van der Waals surface area contributed by atoms with Crippen LogP contribution in [-0.4, -0.2) is 59.8 Å². The number of hydrogen-bond donors (Lipinski definition) is 5. The predicted octanol–water partition coefficient (Wildman–Crippen LogP) is -0.432. The Hall–Kier alpha value is -3.78. The Morgan fingerprint density at radius 3 is 2.75 bits per heavy atom. The number of hydrogen-bond acceptors (Lipinski definition) is 9. The molecule has 0 aliphatic carbocycles. The van der Waals surface area contributed by atoms with Crippen LogP contribution in [0.5, 0.6) is 0 Å². The van der Waals surface area contributed by atoms with Gasteiger partial charge in [-0.25, -0.2) is 18.6 Å². The second-order valence-corrected chi connectivity index (χ2v) is 6.96. The molecule has 32 heavy (non-hydrogen) atoms. The number of nitrogens with two attached hydrogens (primary N) is 1. The van der Waals surface area contributed by atoms with Gasteiger partial charge >= 0.3 is 6.09 Å². The van der Waals surface area contributed by atoms with Crippen molar-refractivity contribution < 1.29 is 33.4 Å². The van der Waals surface area contributed by atoms with Gasteiger partial charge in [0.1, 0.15) is 12.4 Å². The molecule has 3 rings (SSSR count). The van der Waals surface area contributed by atoms with E-state index < -0.39 is 36.2 Å². The van der Waals surface area contributed by atoms with Gasteiger partial charge < -0.3 is 30.4 Å². The molecular formula is C18H19BF2N6O5. The Morgan fingerprint density at radius 2 is 2.12 bits per heavy atom. The fraction of sp³-hybridized carbons (Fsp3) is 0.222. The van der Waals surface area contributed by atoms with E-state index in [4.69, 9.17) is 26.1 Å². The highest BCUT2D eigenvalue weighted by molar-refractivity contribution is 6.11. The van der Waals surface area contributed by atoms with E-state index in [1.54, 1.807) is 0 Å². The van der Waals surface area contributed by atoms with Crippen molar-refractivity contribution in [2.24, 2.45) is 10.9 Å². The molecule has 1 saturated heterocycles. The number of nitrogens with one attached hydrogen (secondary N) is 2. The molecule has 0 atom stereocenters. The van der Waals surface area contributed by atoms with Crippen LogP contribution >= 0.6 is 0 Å². The third kappa shape index (κ3) is 5.68. The molecule has 1 fully saturated rings. The third-order valence-corrected chi connectivity index (χ3v) is 4.20. The number of amides is 1. The second kappa shape index (κ2) is 9.15. The number of aromatic nitrogens is 1. The van der Waals surface area contributed by atoms with E-state index in [2.05, 4.69) is 15.0 Å². The molecule has 0 bridgehead atoms.